The number of rotatable bonds is 2. The van der Waals surface area contributed by atoms with E-state index in [0.29, 0.717) is 0 Å². The predicted molar refractivity (Wildman–Crippen MR) is 53.3 cm³/mol. The van der Waals surface area contributed by atoms with E-state index >= 15 is 0 Å². The van der Waals surface area contributed by atoms with Gasteiger partial charge in [-0.1, -0.05) is 19.3 Å². The Hall–Kier alpha value is -0.570. The molecule has 3 heteroatoms. The van der Waals surface area contributed by atoms with Gasteiger partial charge in [0.25, 0.3) is 0 Å². The van der Waals surface area contributed by atoms with Crippen LogP contribution in [0.15, 0.2) is 0 Å². The molecule has 1 atom stereocenters. The second-order valence-electron chi connectivity index (χ2n) is 4.40. The number of hydrogen-bond donors (Lipinski definition) is 2. The largest absolute Gasteiger partial charge is 0.350 e. The highest BCUT2D eigenvalue weighted by Crippen LogP contribution is 2.27. The van der Waals surface area contributed by atoms with Crippen LogP contribution in [0.4, 0.5) is 0 Å². The molecule has 0 unspecified atom stereocenters. The van der Waals surface area contributed by atoms with Gasteiger partial charge in [-0.25, -0.2) is 0 Å². The molecule has 0 aliphatic heterocycles. The molecule has 3 N–H and O–H groups in total. The van der Waals surface area contributed by atoms with Crippen molar-refractivity contribution >= 4 is 5.91 Å². The van der Waals surface area contributed by atoms with Crippen LogP contribution in [0.3, 0.4) is 0 Å². The lowest BCUT2D eigenvalue weighted by Crippen LogP contribution is -2.52. The molecule has 76 valence electrons. The predicted octanol–water partition coefficient (Wildman–Crippen LogP) is 1.17. The van der Waals surface area contributed by atoms with Crippen molar-refractivity contribution in [2.24, 2.45) is 5.73 Å². The molecule has 1 saturated carbocycles. The molecule has 1 aliphatic carbocycles. The minimum atomic E-state index is -0.390. The van der Waals surface area contributed by atoms with E-state index in [2.05, 4.69) is 12.2 Å². The summed E-state index contributed by atoms with van der Waals surface area (Å²) in [5.41, 5.74) is 5.50. The maximum Gasteiger partial charge on any atom is 0.237 e. The number of carbonyl (C=O) groups excluding carboxylic acids is 1. The summed E-state index contributed by atoms with van der Waals surface area (Å²) in [6.45, 7) is 3.84. The average molecular weight is 184 g/mol. The summed E-state index contributed by atoms with van der Waals surface area (Å²) in [5, 5.41) is 3.03. The third kappa shape index (κ3) is 2.99. The van der Waals surface area contributed by atoms with Crippen LogP contribution in [0.1, 0.15) is 46.0 Å². The maximum absolute atomic E-state index is 11.4. The van der Waals surface area contributed by atoms with E-state index in [-0.39, 0.29) is 11.4 Å². The molecule has 0 aromatic carbocycles. The van der Waals surface area contributed by atoms with Gasteiger partial charge in [-0.2, -0.15) is 0 Å². The van der Waals surface area contributed by atoms with Crippen molar-refractivity contribution in [2.45, 2.75) is 57.5 Å². The van der Waals surface area contributed by atoms with Crippen molar-refractivity contribution in [3.63, 3.8) is 0 Å². The van der Waals surface area contributed by atoms with E-state index in [0.717, 1.165) is 12.8 Å². The number of nitrogens with one attached hydrogen (secondary N) is 1. The summed E-state index contributed by atoms with van der Waals surface area (Å²) >= 11 is 0. The lowest BCUT2D eigenvalue weighted by Gasteiger charge is -2.35. The van der Waals surface area contributed by atoms with Crippen LogP contribution in [0.2, 0.25) is 0 Å². The van der Waals surface area contributed by atoms with Gasteiger partial charge < -0.3 is 11.1 Å². The maximum atomic E-state index is 11.4. The van der Waals surface area contributed by atoms with Crippen molar-refractivity contribution in [3.05, 3.63) is 0 Å². The van der Waals surface area contributed by atoms with E-state index < -0.39 is 6.04 Å². The summed E-state index contributed by atoms with van der Waals surface area (Å²) in [6, 6.07) is -0.390. The Morgan fingerprint density at radius 3 is 2.38 bits per heavy atom. The fourth-order valence-corrected chi connectivity index (χ4v) is 1.87. The molecule has 0 bridgehead atoms. The van der Waals surface area contributed by atoms with Gasteiger partial charge in [-0.05, 0) is 26.7 Å². The van der Waals surface area contributed by atoms with Crippen LogP contribution in [0.5, 0.6) is 0 Å². The van der Waals surface area contributed by atoms with E-state index in [4.69, 9.17) is 5.73 Å². The Morgan fingerprint density at radius 2 is 1.92 bits per heavy atom. The van der Waals surface area contributed by atoms with Gasteiger partial charge in [0.1, 0.15) is 0 Å². The minimum absolute atomic E-state index is 0.00294. The normalized spacial score (nSPS) is 23.6. The van der Waals surface area contributed by atoms with Gasteiger partial charge in [-0.15, -0.1) is 0 Å². The summed E-state index contributed by atoms with van der Waals surface area (Å²) < 4.78 is 0. The lowest BCUT2D eigenvalue weighted by atomic mass is 9.83. The fraction of sp³-hybridized carbons (Fsp3) is 0.900. The number of hydrogen-bond acceptors (Lipinski definition) is 2. The molecule has 0 radical (unpaired) electrons. The standard InChI is InChI=1S/C10H20N2O/c1-8(11)9(13)12-10(2)6-4-3-5-7-10/h8H,3-7,11H2,1-2H3,(H,12,13)/t8-/m0/s1. The molecule has 0 saturated heterocycles. The van der Waals surface area contributed by atoms with Crippen molar-refractivity contribution in [1.82, 2.24) is 5.32 Å². The lowest BCUT2D eigenvalue weighted by molar-refractivity contribution is -0.124. The van der Waals surface area contributed by atoms with E-state index in [1.165, 1.54) is 19.3 Å². The van der Waals surface area contributed by atoms with Gasteiger partial charge >= 0.3 is 0 Å². The zero-order valence-corrected chi connectivity index (χ0v) is 8.60. The van der Waals surface area contributed by atoms with Crippen molar-refractivity contribution < 1.29 is 4.79 Å². The van der Waals surface area contributed by atoms with Crippen LogP contribution in [-0.4, -0.2) is 17.5 Å². The summed E-state index contributed by atoms with van der Waals surface area (Å²) in [7, 11) is 0. The van der Waals surface area contributed by atoms with Gasteiger partial charge in [-0.3, -0.25) is 4.79 Å². The van der Waals surface area contributed by atoms with Gasteiger partial charge in [0.15, 0.2) is 0 Å². The van der Waals surface area contributed by atoms with Crippen LogP contribution in [0, 0.1) is 0 Å². The zero-order valence-electron chi connectivity index (χ0n) is 8.60. The molecule has 3 nitrogen and oxygen atoms in total. The highest BCUT2D eigenvalue weighted by Gasteiger charge is 2.28. The Labute approximate surface area is 80.1 Å². The quantitative estimate of drug-likeness (QED) is 0.677. The Kier molecular flexibility index (Phi) is 3.31. The molecular formula is C10H20N2O. The Balaban J connectivity index is 2.45. The van der Waals surface area contributed by atoms with Gasteiger partial charge in [0.05, 0.1) is 6.04 Å². The van der Waals surface area contributed by atoms with Crippen LogP contribution in [0.25, 0.3) is 0 Å². The average Bonchev–Trinajstić information content (AvgIpc) is 2.04. The third-order valence-electron chi connectivity index (χ3n) is 2.80. The molecular weight excluding hydrogens is 164 g/mol. The Bertz CT molecular complexity index is 183. The van der Waals surface area contributed by atoms with Crippen molar-refractivity contribution in [1.29, 1.82) is 0 Å². The first-order valence-electron chi connectivity index (χ1n) is 5.11. The van der Waals surface area contributed by atoms with E-state index in [1.807, 2.05) is 0 Å². The smallest absolute Gasteiger partial charge is 0.237 e. The monoisotopic (exact) mass is 184 g/mol. The highest BCUT2D eigenvalue weighted by atomic mass is 16.2. The van der Waals surface area contributed by atoms with Gasteiger partial charge in [0, 0.05) is 5.54 Å². The summed E-state index contributed by atoms with van der Waals surface area (Å²) in [4.78, 5) is 11.4. The molecule has 0 aromatic rings. The van der Waals surface area contributed by atoms with E-state index in [1.54, 1.807) is 6.92 Å². The second-order valence-corrected chi connectivity index (χ2v) is 4.40. The highest BCUT2D eigenvalue weighted by molar-refractivity contribution is 5.81. The molecule has 13 heavy (non-hydrogen) atoms. The molecule has 1 fully saturated rings. The SMILES string of the molecule is C[C@H](N)C(=O)NC1(C)CCCCC1. The molecule has 1 amide bonds. The molecule has 0 heterocycles. The zero-order chi connectivity index (χ0) is 9.90. The fourth-order valence-electron chi connectivity index (χ4n) is 1.87. The molecule has 1 rings (SSSR count). The summed E-state index contributed by atoms with van der Waals surface area (Å²) in [6.07, 6.45) is 5.91. The molecule has 0 spiro atoms. The third-order valence-corrected chi connectivity index (χ3v) is 2.80. The first kappa shape index (κ1) is 10.5. The summed E-state index contributed by atoms with van der Waals surface area (Å²) in [5.74, 6) is -0.0237. The number of amides is 1. The second kappa shape index (κ2) is 4.09. The van der Waals surface area contributed by atoms with E-state index in [9.17, 15) is 4.79 Å². The first-order valence-corrected chi connectivity index (χ1v) is 5.11. The number of nitrogens with two attached hydrogens (primary N) is 1. The Morgan fingerprint density at radius 1 is 1.38 bits per heavy atom. The minimum Gasteiger partial charge on any atom is -0.350 e. The molecule has 0 aromatic heterocycles. The molecule has 1 aliphatic rings. The van der Waals surface area contributed by atoms with Gasteiger partial charge in [0.2, 0.25) is 5.91 Å². The van der Waals surface area contributed by atoms with Crippen LogP contribution < -0.4 is 11.1 Å². The van der Waals surface area contributed by atoms with Crippen molar-refractivity contribution in [3.8, 4) is 0 Å². The van der Waals surface area contributed by atoms with Crippen LogP contribution in [-0.2, 0) is 4.79 Å². The van der Waals surface area contributed by atoms with Crippen LogP contribution >= 0.6 is 0 Å². The first-order chi connectivity index (χ1) is 6.03. The topological polar surface area (TPSA) is 55.1 Å². The number of carbonyl (C=O) groups is 1. The van der Waals surface area contributed by atoms with Crippen molar-refractivity contribution in [2.75, 3.05) is 0 Å².